The molecule has 0 aliphatic carbocycles. The number of ether oxygens (including phenoxy) is 1. The zero-order valence-corrected chi connectivity index (χ0v) is 21.1. The van der Waals surface area contributed by atoms with E-state index in [0.717, 1.165) is 23.1 Å². The molecule has 1 saturated heterocycles. The van der Waals surface area contributed by atoms with Crippen molar-refractivity contribution in [1.82, 2.24) is 15.2 Å². The number of nitrogens with zero attached hydrogens (tertiary/aromatic N) is 3. The predicted octanol–water partition coefficient (Wildman–Crippen LogP) is 0.824. The van der Waals surface area contributed by atoms with E-state index < -0.39 is 45.8 Å². The Morgan fingerprint density at radius 1 is 1.35 bits per heavy atom. The number of anilines is 1. The maximum absolute atomic E-state index is 12.8. The molecule has 0 spiro atoms. The largest absolute Gasteiger partial charge is 0.478 e. The summed E-state index contributed by atoms with van der Waals surface area (Å²) in [5, 5.41) is 16.3. The lowest BCUT2D eigenvalue weighted by Gasteiger charge is -2.48. The molecule has 3 atom stereocenters. The highest BCUT2D eigenvalue weighted by molar-refractivity contribution is 8.01. The molecule has 12 nitrogen and oxygen atoms in total. The minimum absolute atomic E-state index is 0. The Morgan fingerprint density at radius 2 is 2.03 bits per heavy atom. The van der Waals surface area contributed by atoms with Gasteiger partial charge < -0.3 is 30.6 Å². The summed E-state index contributed by atoms with van der Waals surface area (Å²) in [5.41, 5.74) is 4.82. The van der Waals surface area contributed by atoms with Crippen LogP contribution in [0.5, 0.6) is 0 Å². The third kappa shape index (κ3) is 5.62. The van der Waals surface area contributed by atoms with Gasteiger partial charge >= 0.3 is 11.9 Å². The summed E-state index contributed by atoms with van der Waals surface area (Å²) in [6.07, 6.45) is 1.22. The van der Waals surface area contributed by atoms with Gasteiger partial charge in [-0.3, -0.25) is 14.4 Å². The first-order valence-electron chi connectivity index (χ1n) is 9.67. The number of thioether (sulfide) groups is 1. The minimum atomic E-state index is -1.23. The number of halogens is 1. The van der Waals surface area contributed by atoms with Crippen LogP contribution in [-0.2, 0) is 28.8 Å². The van der Waals surface area contributed by atoms with Gasteiger partial charge in [-0.15, -0.1) is 35.5 Å². The molecule has 15 heteroatoms. The number of rotatable bonds is 7. The molecule has 0 saturated carbocycles. The molecule has 186 valence electrons. The van der Waals surface area contributed by atoms with Gasteiger partial charge in [-0.1, -0.05) is 5.16 Å². The van der Waals surface area contributed by atoms with E-state index in [4.69, 9.17) is 15.3 Å². The number of fused-ring (bicyclic) bond motifs is 1. The molecule has 3 rings (SSSR count). The Balaban J connectivity index is 0.00000408. The van der Waals surface area contributed by atoms with Crippen molar-refractivity contribution >= 4 is 70.1 Å². The van der Waals surface area contributed by atoms with Crippen molar-refractivity contribution in [2.75, 3.05) is 19.5 Å². The van der Waals surface area contributed by atoms with Gasteiger partial charge in [-0.25, -0.2) is 9.78 Å². The van der Waals surface area contributed by atoms with Gasteiger partial charge in [0.05, 0.1) is 16.2 Å². The van der Waals surface area contributed by atoms with Gasteiger partial charge in [0.1, 0.15) is 30.8 Å². The lowest BCUT2D eigenvalue weighted by atomic mass is 9.97. The van der Waals surface area contributed by atoms with E-state index in [0.29, 0.717) is 0 Å². The number of β-lactam (4-membered cyclic amide) rings is 1. The molecule has 1 aromatic rings. The van der Waals surface area contributed by atoms with E-state index in [2.05, 4.69) is 15.5 Å². The van der Waals surface area contributed by atoms with Gasteiger partial charge in [0.25, 0.3) is 11.8 Å². The third-order valence-corrected chi connectivity index (χ3v) is 6.85. The number of aliphatic carboxylic acids is 1. The Morgan fingerprint density at radius 3 is 2.56 bits per heavy atom. The fourth-order valence-corrected chi connectivity index (χ4v) is 4.94. The van der Waals surface area contributed by atoms with Crippen LogP contribution in [0.25, 0.3) is 0 Å². The van der Waals surface area contributed by atoms with Crippen molar-refractivity contribution in [2.24, 2.45) is 10.6 Å². The van der Waals surface area contributed by atoms with Gasteiger partial charge in [-0.05, 0) is 20.8 Å². The van der Waals surface area contributed by atoms with Gasteiger partial charge in [0.15, 0.2) is 10.8 Å². The Kier molecular flexibility index (Phi) is 8.55. The minimum Gasteiger partial charge on any atom is -0.478 e. The number of carbonyl (C=O) groups is 4. The lowest BCUT2D eigenvalue weighted by Crippen LogP contribution is -2.69. The molecule has 3 heterocycles. The number of carboxylic acids is 1. The van der Waals surface area contributed by atoms with E-state index in [9.17, 15) is 24.3 Å². The number of esters is 1. The standard InChI is InChI=1S/C19H23N5O7S2.ClH/c1-19(2,3)17(29)31-6-10-8(16(27)28)5-24-14(26)12(15(24)33-10)22-13(25)11(23-30-4)9-7-32-18(20)21-9;/h5,7,10,12,15H,6H2,1-4H3,(H2,20,21)(H,22,25)(H,27,28);1H/t10?,12?,15-;/m1./s1. The number of carbonyl (C=O) groups excluding carboxylic acids is 3. The average molecular weight is 534 g/mol. The lowest BCUT2D eigenvalue weighted by molar-refractivity contribution is -0.153. The summed E-state index contributed by atoms with van der Waals surface area (Å²) in [5.74, 6) is -2.90. The van der Waals surface area contributed by atoms with E-state index in [1.165, 1.54) is 23.6 Å². The zero-order chi connectivity index (χ0) is 24.5. The molecule has 34 heavy (non-hydrogen) atoms. The maximum atomic E-state index is 12.8. The highest BCUT2D eigenvalue weighted by atomic mass is 35.5. The summed E-state index contributed by atoms with van der Waals surface area (Å²) in [6.45, 7) is 4.87. The number of nitrogens with one attached hydrogen (secondary N) is 1. The number of hydrogen-bond donors (Lipinski definition) is 3. The molecule has 1 aromatic heterocycles. The summed E-state index contributed by atoms with van der Waals surface area (Å²) in [7, 11) is 1.26. The van der Waals surface area contributed by atoms with Gasteiger partial charge in [0, 0.05) is 11.6 Å². The number of carboxylic acid groups (broad SMARTS) is 1. The summed E-state index contributed by atoms with van der Waals surface area (Å²) in [6, 6.07) is -0.951. The normalized spacial score (nSPS) is 21.9. The highest BCUT2D eigenvalue weighted by Gasteiger charge is 2.53. The summed E-state index contributed by atoms with van der Waals surface area (Å²) in [4.78, 5) is 59.2. The predicted molar refractivity (Wildman–Crippen MR) is 127 cm³/mol. The zero-order valence-electron chi connectivity index (χ0n) is 18.6. The van der Waals surface area contributed by atoms with Crippen LogP contribution in [0.2, 0.25) is 0 Å². The highest BCUT2D eigenvalue weighted by Crippen LogP contribution is 2.41. The smallest absolute Gasteiger partial charge is 0.334 e. The fourth-order valence-electron chi connectivity index (χ4n) is 2.97. The van der Waals surface area contributed by atoms with Crippen molar-refractivity contribution in [3.05, 3.63) is 22.8 Å². The molecule has 0 bridgehead atoms. The van der Waals surface area contributed by atoms with Crippen LogP contribution in [0.3, 0.4) is 0 Å². The van der Waals surface area contributed by atoms with Crippen molar-refractivity contribution in [3.63, 3.8) is 0 Å². The summed E-state index contributed by atoms with van der Waals surface area (Å²) >= 11 is 2.22. The van der Waals surface area contributed by atoms with Crippen molar-refractivity contribution in [1.29, 1.82) is 0 Å². The average Bonchev–Trinajstić information content (AvgIpc) is 3.17. The number of thiazole rings is 1. The van der Waals surface area contributed by atoms with Crippen LogP contribution in [-0.4, -0.2) is 74.8 Å². The third-order valence-electron chi connectivity index (χ3n) is 4.68. The molecule has 0 aromatic carbocycles. The van der Waals surface area contributed by atoms with Crippen molar-refractivity contribution in [3.8, 4) is 0 Å². The Hall–Kier alpha value is -2.84. The molecular weight excluding hydrogens is 510 g/mol. The maximum Gasteiger partial charge on any atom is 0.334 e. The topological polar surface area (TPSA) is 174 Å². The molecule has 2 aliphatic heterocycles. The molecule has 4 N–H and O–H groups in total. The first kappa shape index (κ1) is 27.4. The number of hydrogen-bond acceptors (Lipinski definition) is 11. The quantitative estimate of drug-likeness (QED) is 0.197. The van der Waals surface area contributed by atoms with Crippen molar-refractivity contribution < 1.29 is 33.9 Å². The number of oxime groups is 1. The Bertz CT molecular complexity index is 1050. The molecular formula is C19H24ClN5O7S2. The SMILES string of the molecule is CON=C(C(=O)NC1C(=O)N2C=C(C(=O)O)C(COC(=O)C(C)(C)C)S[C@H]12)c1csc(N)n1.Cl. The van der Waals surface area contributed by atoms with Crippen LogP contribution < -0.4 is 11.1 Å². The van der Waals surface area contributed by atoms with Gasteiger partial charge in [-0.2, -0.15) is 0 Å². The van der Waals surface area contributed by atoms with E-state index >= 15 is 0 Å². The van der Waals surface area contributed by atoms with Crippen LogP contribution in [0.15, 0.2) is 22.3 Å². The van der Waals surface area contributed by atoms with E-state index in [-0.39, 0.29) is 41.1 Å². The van der Waals surface area contributed by atoms with Crippen LogP contribution in [0, 0.1) is 5.41 Å². The molecule has 0 radical (unpaired) electrons. The van der Waals surface area contributed by atoms with Gasteiger partial charge in [0.2, 0.25) is 0 Å². The second-order valence-electron chi connectivity index (χ2n) is 8.14. The Labute approximate surface area is 209 Å². The van der Waals surface area contributed by atoms with Crippen LogP contribution in [0.1, 0.15) is 26.5 Å². The van der Waals surface area contributed by atoms with Crippen LogP contribution in [0.4, 0.5) is 5.13 Å². The second-order valence-corrected chi connectivity index (χ2v) is 10.4. The van der Waals surface area contributed by atoms with Crippen LogP contribution >= 0.6 is 35.5 Å². The van der Waals surface area contributed by atoms with Crippen molar-refractivity contribution in [2.45, 2.75) is 37.4 Å². The number of amides is 2. The monoisotopic (exact) mass is 533 g/mol. The summed E-state index contributed by atoms with van der Waals surface area (Å²) < 4.78 is 5.30. The van der Waals surface area contributed by atoms with E-state index in [1.54, 1.807) is 20.8 Å². The molecule has 2 unspecified atom stereocenters. The fraction of sp³-hybridized carbons (Fsp3) is 0.474. The number of aromatic nitrogens is 1. The van der Waals surface area contributed by atoms with E-state index in [1.807, 2.05) is 0 Å². The number of nitrogens with two attached hydrogens (primary N) is 1. The number of nitrogen functional groups attached to an aromatic ring is 1. The first-order valence-corrected chi connectivity index (χ1v) is 11.5. The molecule has 2 aliphatic rings. The molecule has 2 amide bonds. The molecule has 1 fully saturated rings. The second kappa shape index (κ2) is 10.6. The first-order chi connectivity index (χ1) is 15.4.